The summed E-state index contributed by atoms with van der Waals surface area (Å²) in [4.78, 5) is 0. The van der Waals surface area contributed by atoms with Gasteiger partial charge in [-0.25, -0.2) is 4.39 Å². The fraction of sp³-hybridized carbons (Fsp3) is 0.625. The third-order valence-electron chi connectivity index (χ3n) is 4.47. The Morgan fingerprint density at radius 3 is 2.67 bits per heavy atom. The molecule has 1 aliphatic carbocycles. The van der Waals surface area contributed by atoms with Gasteiger partial charge in [0.15, 0.2) is 0 Å². The van der Waals surface area contributed by atoms with Crippen LogP contribution in [0.3, 0.4) is 0 Å². The molecule has 0 amide bonds. The molecule has 1 saturated carbocycles. The van der Waals surface area contributed by atoms with Gasteiger partial charge in [-0.2, -0.15) is 0 Å². The number of benzene rings is 1. The quantitative estimate of drug-likeness (QED) is 0.860. The molecular weight excluding hydrogens is 225 g/mol. The summed E-state index contributed by atoms with van der Waals surface area (Å²) in [6.07, 6.45) is 4.86. The Hall–Kier alpha value is -0.890. The van der Waals surface area contributed by atoms with Crippen LogP contribution in [-0.2, 0) is 0 Å². The molecule has 0 saturated heterocycles. The lowest BCUT2D eigenvalue weighted by molar-refractivity contribution is 0.235. The third-order valence-corrected chi connectivity index (χ3v) is 4.47. The van der Waals surface area contributed by atoms with E-state index in [0.717, 1.165) is 23.6 Å². The van der Waals surface area contributed by atoms with E-state index in [0.29, 0.717) is 11.8 Å². The minimum atomic E-state index is -0.112. The van der Waals surface area contributed by atoms with Gasteiger partial charge in [0.25, 0.3) is 0 Å². The van der Waals surface area contributed by atoms with E-state index in [1.807, 2.05) is 6.92 Å². The van der Waals surface area contributed by atoms with Crippen LogP contribution in [0.4, 0.5) is 4.39 Å². The van der Waals surface area contributed by atoms with Crippen molar-refractivity contribution < 1.29 is 4.39 Å². The molecular formula is C16H24FN. The number of hydrogen-bond donors (Lipinski definition) is 1. The normalized spacial score (nSPS) is 28.3. The fourth-order valence-electron chi connectivity index (χ4n) is 3.36. The zero-order valence-corrected chi connectivity index (χ0v) is 11.5. The lowest BCUT2D eigenvalue weighted by atomic mass is 9.70. The molecule has 3 atom stereocenters. The first-order chi connectivity index (χ1) is 8.63. The van der Waals surface area contributed by atoms with Crippen molar-refractivity contribution >= 4 is 0 Å². The highest BCUT2D eigenvalue weighted by Crippen LogP contribution is 2.41. The topological polar surface area (TPSA) is 26.0 Å². The van der Waals surface area contributed by atoms with E-state index >= 15 is 0 Å². The first-order valence-electron chi connectivity index (χ1n) is 7.11. The van der Waals surface area contributed by atoms with Gasteiger partial charge in [0.1, 0.15) is 5.82 Å². The molecule has 0 spiro atoms. The molecule has 0 heterocycles. The summed E-state index contributed by atoms with van der Waals surface area (Å²) in [5.74, 6) is 1.64. The molecule has 1 fully saturated rings. The van der Waals surface area contributed by atoms with Crippen LogP contribution in [0, 0.1) is 24.6 Å². The summed E-state index contributed by atoms with van der Waals surface area (Å²) in [6.45, 7) is 4.93. The largest absolute Gasteiger partial charge is 0.330 e. The molecule has 100 valence electrons. The van der Waals surface area contributed by atoms with Gasteiger partial charge in [-0.05, 0) is 67.3 Å². The van der Waals surface area contributed by atoms with Crippen LogP contribution in [0.25, 0.3) is 0 Å². The van der Waals surface area contributed by atoms with Crippen LogP contribution in [0.5, 0.6) is 0 Å². The van der Waals surface area contributed by atoms with E-state index in [4.69, 9.17) is 5.73 Å². The molecule has 0 bridgehead atoms. The molecule has 1 aromatic rings. The lowest BCUT2D eigenvalue weighted by Crippen LogP contribution is -2.29. The Labute approximate surface area is 110 Å². The van der Waals surface area contributed by atoms with Gasteiger partial charge in [0, 0.05) is 0 Å². The average Bonchev–Trinajstić information content (AvgIpc) is 2.36. The molecule has 0 radical (unpaired) electrons. The summed E-state index contributed by atoms with van der Waals surface area (Å²) in [7, 11) is 0. The van der Waals surface area contributed by atoms with E-state index in [9.17, 15) is 4.39 Å². The van der Waals surface area contributed by atoms with Gasteiger partial charge in [0.05, 0.1) is 0 Å². The van der Waals surface area contributed by atoms with Crippen molar-refractivity contribution in [1.29, 1.82) is 0 Å². The van der Waals surface area contributed by atoms with Crippen LogP contribution < -0.4 is 5.73 Å². The predicted molar refractivity (Wildman–Crippen MR) is 74.1 cm³/mol. The van der Waals surface area contributed by atoms with Gasteiger partial charge < -0.3 is 5.73 Å². The van der Waals surface area contributed by atoms with E-state index < -0.39 is 0 Å². The summed E-state index contributed by atoms with van der Waals surface area (Å²) in [6, 6.07) is 5.44. The van der Waals surface area contributed by atoms with Crippen LogP contribution in [0.2, 0.25) is 0 Å². The standard InChI is InChI=1S/C16H24FN/c1-3-12-4-5-13(10-18)16(8-12)14-6-11(2)7-15(17)9-14/h6-7,9,12-13,16H,3-5,8,10,18H2,1-2H3. The zero-order chi connectivity index (χ0) is 13.1. The van der Waals surface area contributed by atoms with E-state index in [1.54, 1.807) is 12.1 Å². The number of aryl methyl sites for hydroxylation is 1. The number of halogens is 1. The lowest BCUT2D eigenvalue weighted by Gasteiger charge is -2.36. The predicted octanol–water partition coefficient (Wildman–Crippen LogP) is 4.00. The van der Waals surface area contributed by atoms with Crippen molar-refractivity contribution in [2.75, 3.05) is 6.54 Å². The summed E-state index contributed by atoms with van der Waals surface area (Å²) in [5.41, 5.74) is 8.07. The first-order valence-corrected chi connectivity index (χ1v) is 7.11. The van der Waals surface area contributed by atoms with Gasteiger partial charge in [0.2, 0.25) is 0 Å². The van der Waals surface area contributed by atoms with E-state index in [-0.39, 0.29) is 5.82 Å². The molecule has 18 heavy (non-hydrogen) atoms. The van der Waals surface area contributed by atoms with Crippen molar-refractivity contribution in [2.45, 2.75) is 45.4 Å². The second kappa shape index (κ2) is 5.83. The zero-order valence-electron chi connectivity index (χ0n) is 11.5. The van der Waals surface area contributed by atoms with Crippen molar-refractivity contribution in [3.63, 3.8) is 0 Å². The Morgan fingerprint density at radius 1 is 1.28 bits per heavy atom. The van der Waals surface area contributed by atoms with Gasteiger partial charge in [-0.3, -0.25) is 0 Å². The number of nitrogens with two attached hydrogens (primary N) is 1. The number of rotatable bonds is 3. The number of hydrogen-bond acceptors (Lipinski definition) is 1. The molecule has 1 nitrogen and oxygen atoms in total. The van der Waals surface area contributed by atoms with Crippen LogP contribution >= 0.6 is 0 Å². The molecule has 0 aromatic heterocycles. The van der Waals surface area contributed by atoms with Crippen LogP contribution in [-0.4, -0.2) is 6.54 Å². The molecule has 0 aliphatic heterocycles. The maximum atomic E-state index is 13.6. The highest BCUT2D eigenvalue weighted by atomic mass is 19.1. The second-order valence-corrected chi connectivity index (χ2v) is 5.75. The minimum Gasteiger partial charge on any atom is -0.330 e. The smallest absolute Gasteiger partial charge is 0.123 e. The fourth-order valence-corrected chi connectivity index (χ4v) is 3.36. The van der Waals surface area contributed by atoms with Gasteiger partial charge in [-0.1, -0.05) is 25.8 Å². The molecule has 3 unspecified atom stereocenters. The maximum absolute atomic E-state index is 13.6. The van der Waals surface area contributed by atoms with Crippen molar-refractivity contribution in [3.05, 3.63) is 35.1 Å². The average molecular weight is 249 g/mol. The van der Waals surface area contributed by atoms with Gasteiger partial charge in [-0.15, -0.1) is 0 Å². The van der Waals surface area contributed by atoms with Gasteiger partial charge >= 0.3 is 0 Å². The summed E-state index contributed by atoms with van der Waals surface area (Å²) in [5, 5.41) is 0. The molecule has 2 heteroatoms. The second-order valence-electron chi connectivity index (χ2n) is 5.75. The molecule has 2 N–H and O–H groups in total. The van der Waals surface area contributed by atoms with Crippen molar-refractivity contribution in [2.24, 2.45) is 17.6 Å². The highest BCUT2D eigenvalue weighted by molar-refractivity contribution is 5.27. The van der Waals surface area contributed by atoms with Crippen molar-refractivity contribution in [1.82, 2.24) is 0 Å². The van der Waals surface area contributed by atoms with Crippen molar-refractivity contribution in [3.8, 4) is 0 Å². The summed E-state index contributed by atoms with van der Waals surface area (Å²) >= 11 is 0. The maximum Gasteiger partial charge on any atom is 0.123 e. The molecule has 1 aliphatic rings. The minimum absolute atomic E-state index is 0.112. The highest BCUT2D eigenvalue weighted by Gasteiger charge is 2.30. The first kappa shape index (κ1) is 13.5. The van der Waals surface area contributed by atoms with E-state index in [2.05, 4.69) is 13.0 Å². The SMILES string of the molecule is CCC1CCC(CN)C(c2cc(C)cc(F)c2)C1. The molecule has 1 aromatic carbocycles. The Balaban J connectivity index is 2.26. The third kappa shape index (κ3) is 2.92. The molecule has 2 rings (SSSR count). The van der Waals surface area contributed by atoms with Crippen LogP contribution in [0.15, 0.2) is 18.2 Å². The Bertz CT molecular complexity index is 382. The Morgan fingerprint density at radius 2 is 2.06 bits per heavy atom. The van der Waals surface area contributed by atoms with Crippen LogP contribution in [0.1, 0.15) is 49.7 Å². The monoisotopic (exact) mass is 249 g/mol. The Kier molecular flexibility index (Phi) is 4.39. The summed E-state index contributed by atoms with van der Waals surface area (Å²) < 4.78 is 13.6. The van der Waals surface area contributed by atoms with E-state index in [1.165, 1.54) is 25.7 Å².